The molecule has 2 aromatic rings. The van der Waals surface area contributed by atoms with Gasteiger partial charge in [-0.3, -0.25) is 0 Å². The molecule has 0 saturated heterocycles. The van der Waals surface area contributed by atoms with Crippen molar-refractivity contribution in [3.8, 4) is 6.07 Å². The molecule has 0 spiro atoms. The van der Waals surface area contributed by atoms with Crippen LogP contribution in [0.1, 0.15) is 29.2 Å². The van der Waals surface area contributed by atoms with Crippen molar-refractivity contribution in [1.82, 2.24) is 4.72 Å². The van der Waals surface area contributed by atoms with E-state index in [0.29, 0.717) is 5.56 Å². The zero-order valence-electron chi connectivity index (χ0n) is 11.3. The van der Waals surface area contributed by atoms with Gasteiger partial charge in [0, 0.05) is 6.04 Å². The van der Waals surface area contributed by atoms with E-state index in [4.69, 9.17) is 5.26 Å². The van der Waals surface area contributed by atoms with Crippen LogP contribution in [0, 0.1) is 11.3 Å². The second-order valence-electron chi connectivity index (χ2n) is 5.05. The zero-order valence-corrected chi connectivity index (χ0v) is 12.1. The third-order valence-electron chi connectivity index (χ3n) is 3.70. The maximum Gasteiger partial charge on any atom is 0.241 e. The molecule has 0 unspecified atom stereocenters. The second-order valence-corrected chi connectivity index (χ2v) is 6.76. The van der Waals surface area contributed by atoms with Crippen LogP contribution in [0.4, 0.5) is 0 Å². The van der Waals surface area contributed by atoms with Crippen molar-refractivity contribution in [3.05, 3.63) is 65.2 Å². The lowest BCUT2D eigenvalue weighted by molar-refractivity contribution is 0.554. The van der Waals surface area contributed by atoms with Crippen molar-refractivity contribution in [2.24, 2.45) is 0 Å². The second kappa shape index (κ2) is 5.32. The lowest BCUT2D eigenvalue weighted by Gasteiger charge is -2.14. The highest BCUT2D eigenvalue weighted by Gasteiger charge is 2.27. The van der Waals surface area contributed by atoms with E-state index in [1.807, 2.05) is 30.3 Å². The predicted octanol–water partition coefficient (Wildman–Crippen LogP) is 2.52. The van der Waals surface area contributed by atoms with Crippen molar-refractivity contribution in [1.29, 1.82) is 5.26 Å². The highest BCUT2D eigenvalue weighted by Crippen LogP contribution is 2.32. The van der Waals surface area contributed by atoms with Gasteiger partial charge in [0.1, 0.15) is 0 Å². The monoisotopic (exact) mass is 298 g/mol. The van der Waals surface area contributed by atoms with E-state index in [2.05, 4.69) is 4.72 Å². The van der Waals surface area contributed by atoms with Gasteiger partial charge >= 0.3 is 0 Å². The fourth-order valence-corrected chi connectivity index (χ4v) is 3.96. The molecule has 0 radical (unpaired) electrons. The molecule has 2 aromatic carbocycles. The molecule has 0 aliphatic heterocycles. The largest absolute Gasteiger partial charge is 0.241 e. The van der Waals surface area contributed by atoms with Crippen LogP contribution in [0.2, 0.25) is 0 Å². The maximum atomic E-state index is 12.4. The van der Waals surface area contributed by atoms with Gasteiger partial charge in [0.15, 0.2) is 0 Å². The van der Waals surface area contributed by atoms with Crippen molar-refractivity contribution in [2.75, 3.05) is 0 Å². The summed E-state index contributed by atoms with van der Waals surface area (Å²) in [4.78, 5) is 0.130. The van der Waals surface area contributed by atoms with E-state index < -0.39 is 10.0 Å². The summed E-state index contributed by atoms with van der Waals surface area (Å²) in [7, 11) is -3.62. The number of nitrogens with zero attached hydrogens (tertiary/aromatic N) is 1. The molecule has 1 aliphatic rings. The Morgan fingerprint density at radius 1 is 1.14 bits per heavy atom. The molecule has 1 atom stereocenters. The van der Waals surface area contributed by atoms with Crippen molar-refractivity contribution < 1.29 is 8.42 Å². The number of fused-ring (bicyclic) bond motifs is 1. The quantitative estimate of drug-likeness (QED) is 0.946. The van der Waals surface area contributed by atoms with Crippen LogP contribution in [0.25, 0.3) is 0 Å². The molecule has 1 N–H and O–H groups in total. The summed E-state index contributed by atoms with van der Waals surface area (Å²) in [6.45, 7) is 0. The smallest absolute Gasteiger partial charge is 0.207 e. The van der Waals surface area contributed by atoms with E-state index in [1.54, 1.807) is 12.1 Å². The van der Waals surface area contributed by atoms with Gasteiger partial charge in [-0.25, -0.2) is 13.1 Å². The molecular weight excluding hydrogens is 284 g/mol. The predicted molar refractivity (Wildman–Crippen MR) is 79.0 cm³/mol. The summed E-state index contributed by atoms with van der Waals surface area (Å²) < 4.78 is 27.6. The van der Waals surface area contributed by atoms with Crippen LogP contribution < -0.4 is 4.72 Å². The molecule has 0 heterocycles. The minimum atomic E-state index is -3.62. The van der Waals surface area contributed by atoms with E-state index in [1.165, 1.54) is 17.7 Å². The molecule has 0 aromatic heterocycles. The molecule has 0 fully saturated rings. The average molecular weight is 298 g/mol. The first-order chi connectivity index (χ1) is 10.1. The Morgan fingerprint density at radius 2 is 1.95 bits per heavy atom. The van der Waals surface area contributed by atoms with E-state index >= 15 is 0 Å². The van der Waals surface area contributed by atoms with Gasteiger partial charge in [0.05, 0.1) is 16.5 Å². The van der Waals surface area contributed by atoms with Gasteiger partial charge < -0.3 is 0 Å². The third-order valence-corrected chi connectivity index (χ3v) is 5.17. The minimum Gasteiger partial charge on any atom is -0.207 e. The molecule has 0 amide bonds. The molecule has 106 valence electrons. The highest BCUT2D eigenvalue weighted by molar-refractivity contribution is 7.89. The number of nitriles is 1. The number of hydrogen-bond donors (Lipinski definition) is 1. The zero-order chi connectivity index (χ0) is 14.9. The Morgan fingerprint density at radius 3 is 2.76 bits per heavy atom. The molecule has 1 aliphatic carbocycles. The first-order valence-electron chi connectivity index (χ1n) is 6.70. The fourth-order valence-electron chi connectivity index (χ4n) is 2.67. The first-order valence-corrected chi connectivity index (χ1v) is 8.19. The molecule has 0 saturated carbocycles. The Balaban J connectivity index is 1.89. The summed E-state index contributed by atoms with van der Waals surface area (Å²) in [5.74, 6) is 0. The number of rotatable bonds is 3. The molecule has 3 rings (SSSR count). The van der Waals surface area contributed by atoms with Gasteiger partial charge in [0.2, 0.25) is 10.0 Å². The van der Waals surface area contributed by atoms with Crippen molar-refractivity contribution >= 4 is 10.0 Å². The molecule has 4 nitrogen and oxygen atoms in total. The number of hydrogen-bond acceptors (Lipinski definition) is 3. The summed E-state index contributed by atoms with van der Waals surface area (Å²) >= 11 is 0. The Bertz CT molecular complexity index is 822. The molecule has 21 heavy (non-hydrogen) atoms. The summed E-state index contributed by atoms with van der Waals surface area (Å²) in [6.07, 6.45) is 1.64. The topological polar surface area (TPSA) is 70.0 Å². The standard InChI is InChI=1S/C16H14N2O2S/c17-11-12-4-3-6-14(10-12)21(19,20)18-16-9-8-13-5-1-2-7-15(13)16/h1-7,10,16,18H,8-9H2/t16-/m1/s1. The third kappa shape index (κ3) is 2.68. The molecular formula is C16H14N2O2S. The van der Waals surface area contributed by atoms with Crippen LogP contribution in [-0.4, -0.2) is 8.42 Å². The summed E-state index contributed by atoms with van der Waals surface area (Å²) in [6, 6.07) is 15.7. The van der Waals surface area contributed by atoms with Gasteiger partial charge in [-0.2, -0.15) is 5.26 Å². The van der Waals surface area contributed by atoms with E-state index in [0.717, 1.165) is 18.4 Å². The minimum absolute atomic E-state index is 0.130. The van der Waals surface area contributed by atoms with Gasteiger partial charge in [-0.15, -0.1) is 0 Å². The Kier molecular flexibility index (Phi) is 3.50. The van der Waals surface area contributed by atoms with E-state index in [9.17, 15) is 8.42 Å². The normalized spacial score (nSPS) is 17.2. The number of benzene rings is 2. The molecule has 5 heteroatoms. The van der Waals surface area contributed by atoms with Gasteiger partial charge in [-0.1, -0.05) is 30.3 Å². The van der Waals surface area contributed by atoms with Crippen LogP contribution in [0.5, 0.6) is 0 Å². The van der Waals surface area contributed by atoms with E-state index in [-0.39, 0.29) is 10.9 Å². The lowest BCUT2D eigenvalue weighted by Crippen LogP contribution is -2.27. The lowest BCUT2D eigenvalue weighted by atomic mass is 10.1. The summed E-state index contributed by atoms with van der Waals surface area (Å²) in [5, 5.41) is 8.88. The van der Waals surface area contributed by atoms with Crippen LogP contribution >= 0.6 is 0 Å². The number of aryl methyl sites for hydroxylation is 1. The van der Waals surface area contributed by atoms with Gasteiger partial charge in [-0.05, 0) is 42.2 Å². The SMILES string of the molecule is N#Cc1cccc(S(=O)(=O)N[C@@H]2CCc3ccccc32)c1. The Labute approximate surface area is 124 Å². The van der Waals surface area contributed by atoms with Crippen LogP contribution in [-0.2, 0) is 16.4 Å². The number of sulfonamides is 1. The molecule has 0 bridgehead atoms. The number of nitrogens with one attached hydrogen (secondary N) is 1. The van der Waals surface area contributed by atoms with Crippen molar-refractivity contribution in [2.45, 2.75) is 23.8 Å². The Hall–Kier alpha value is -2.16. The van der Waals surface area contributed by atoms with Crippen LogP contribution in [0.3, 0.4) is 0 Å². The average Bonchev–Trinajstić information content (AvgIpc) is 2.90. The fraction of sp³-hybridized carbons (Fsp3) is 0.188. The highest BCUT2D eigenvalue weighted by atomic mass is 32.2. The maximum absolute atomic E-state index is 12.4. The summed E-state index contributed by atoms with van der Waals surface area (Å²) in [5.41, 5.74) is 2.57. The van der Waals surface area contributed by atoms with Crippen LogP contribution in [0.15, 0.2) is 53.4 Å². The first kappa shape index (κ1) is 13.8. The van der Waals surface area contributed by atoms with Gasteiger partial charge in [0.25, 0.3) is 0 Å². The van der Waals surface area contributed by atoms with Crippen molar-refractivity contribution in [3.63, 3.8) is 0 Å².